The molecule has 0 spiro atoms. The molecule has 0 amide bonds. The van der Waals surface area contributed by atoms with Gasteiger partial charge < -0.3 is 10.5 Å². The van der Waals surface area contributed by atoms with E-state index < -0.39 is 0 Å². The third-order valence-corrected chi connectivity index (χ3v) is 4.39. The average Bonchev–Trinajstić information content (AvgIpc) is 3.00. The molecule has 0 radical (unpaired) electrons. The lowest BCUT2D eigenvalue weighted by Gasteiger charge is -2.30. The molecule has 1 fully saturated rings. The van der Waals surface area contributed by atoms with Gasteiger partial charge >= 0.3 is 0 Å². The predicted molar refractivity (Wildman–Crippen MR) is 88.4 cm³/mol. The molecular weight excluding hydrogens is 260 g/mol. The van der Waals surface area contributed by atoms with Crippen molar-refractivity contribution in [3.05, 3.63) is 29.3 Å². The summed E-state index contributed by atoms with van der Waals surface area (Å²) in [5, 5.41) is 0. The van der Waals surface area contributed by atoms with Crippen LogP contribution in [0.15, 0.2) is 18.2 Å². The minimum atomic E-state index is 0.532. The largest absolute Gasteiger partial charge is 0.496 e. The van der Waals surface area contributed by atoms with E-state index in [4.69, 9.17) is 10.5 Å². The van der Waals surface area contributed by atoms with Crippen molar-refractivity contribution in [2.75, 3.05) is 13.7 Å². The first-order chi connectivity index (χ1) is 10.1. The zero-order chi connectivity index (χ0) is 15.2. The smallest absolute Gasteiger partial charge is 0.123 e. The molecule has 1 aromatic rings. The fraction of sp³-hybridized carbons (Fsp3) is 0.667. The summed E-state index contributed by atoms with van der Waals surface area (Å²) >= 11 is 0. The molecule has 1 saturated carbocycles. The maximum absolute atomic E-state index is 5.84. The fourth-order valence-corrected chi connectivity index (χ4v) is 3.41. The van der Waals surface area contributed by atoms with Crippen LogP contribution in [0.2, 0.25) is 0 Å². The third-order valence-electron chi connectivity index (χ3n) is 4.39. The summed E-state index contributed by atoms with van der Waals surface area (Å²) in [7, 11) is 1.71. The number of nitrogens with zero attached hydrogens (tertiary/aromatic N) is 1. The number of methoxy groups -OCH3 is 1. The molecule has 118 valence electrons. The van der Waals surface area contributed by atoms with E-state index in [0.29, 0.717) is 12.5 Å². The van der Waals surface area contributed by atoms with Crippen LogP contribution in [0, 0.1) is 5.92 Å². The summed E-state index contributed by atoms with van der Waals surface area (Å²) in [6.45, 7) is 7.35. The quantitative estimate of drug-likeness (QED) is 0.834. The van der Waals surface area contributed by atoms with Crippen molar-refractivity contribution in [2.24, 2.45) is 11.7 Å². The molecule has 0 aliphatic heterocycles. The van der Waals surface area contributed by atoms with E-state index in [0.717, 1.165) is 23.9 Å². The molecule has 0 saturated heterocycles. The second kappa shape index (κ2) is 7.81. The van der Waals surface area contributed by atoms with E-state index in [9.17, 15) is 0 Å². The van der Waals surface area contributed by atoms with E-state index in [1.165, 1.54) is 37.8 Å². The Bertz CT molecular complexity index is 439. The van der Waals surface area contributed by atoms with E-state index in [1.807, 2.05) is 0 Å². The van der Waals surface area contributed by atoms with Gasteiger partial charge in [-0.05, 0) is 36.5 Å². The Kier molecular flexibility index (Phi) is 6.07. The molecule has 1 aliphatic rings. The Balaban J connectivity index is 2.11. The Morgan fingerprint density at radius 2 is 2.00 bits per heavy atom. The predicted octanol–water partition coefficient (Wildman–Crippen LogP) is 3.55. The molecule has 0 bridgehead atoms. The average molecular weight is 290 g/mol. The summed E-state index contributed by atoms with van der Waals surface area (Å²) in [6, 6.07) is 7.21. The van der Waals surface area contributed by atoms with Gasteiger partial charge in [0.25, 0.3) is 0 Å². The highest BCUT2D eigenvalue weighted by Crippen LogP contribution is 2.27. The second-order valence-corrected chi connectivity index (χ2v) is 6.61. The molecule has 2 rings (SSSR count). The van der Waals surface area contributed by atoms with Crippen molar-refractivity contribution in [1.29, 1.82) is 0 Å². The van der Waals surface area contributed by atoms with Crippen LogP contribution in [0.3, 0.4) is 0 Å². The van der Waals surface area contributed by atoms with Crippen LogP contribution in [-0.2, 0) is 13.1 Å². The van der Waals surface area contributed by atoms with Crippen LogP contribution in [0.5, 0.6) is 5.75 Å². The summed E-state index contributed by atoms with van der Waals surface area (Å²) < 4.78 is 5.37. The van der Waals surface area contributed by atoms with Crippen molar-refractivity contribution in [1.82, 2.24) is 4.90 Å². The van der Waals surface area contributed by atoms with E-state index >= 15 is 0 Å². The van der Waals surface area contributed by atoms with Gasteiger partial charge in [-0.2, -0.15) is 0 Å². The summed E-state index contributed by atoms with van der Waals surface area (Å²) in [6.07, 6.45) is 5.48. The molecule has 0 aromatic heterocycles. The van der Waals surface area contributed by atoms with Crippen LogP contribution in [0.1, 0.15) is 50.7 Å². The molecule has 3 nitrogen and oxygen atoms in total. The summed E-state index contributed by atoms with van der Waals surface area (Å²) in [5.74, 6) is 1.61. The van der Waals surface area contributed by atoms with Crippen molar-refractivity contribution in [3.63, 3.8) is 0 Å². The SMILES string of the molecule is COc1ccc(CN(CC(C)C)C2CCCC2)cc1CN. The molecule has 0 heterocycles. The number of hydrogen-bond acceptors (Lipinski definition) is 3. The van der Waals surface area contributed by atoms with Crippen molar-refractivity contribution in [2.45, 2.75) is 58.7 Å². The van der Waals surface area contributed by atoms with Crippen molar-refractivity contribution >= 4 is 0 Å². The molecule has 1 aromatic carbocycles. The maximum atomic E-state index is 5.84. The second-order valence-electron chi connectivity index (χ2n) is 6.61. The van der Waals surface area contributed by atoms with Crippen LogP contribution < -0.4 is 10.5 Å². The fourth-order valence-electron chi connectivity index (χ4n) is 3.41. The lowest BCUT2D eigenvalue weighted by molar-refractivity contribution is 0.168. The van der Waals surface area contributed by atoms with Crippen LogP contribution in [0.4, 0.5) is 0 Å². The van der Waals surface area contributed by atoms with Crippen LogP contribution in [0.25, 0.3) is 0 Å². The first-order valence-electron chi connectivity index (χ1n) is 8.24. The standard InChI is InChI=1S/C18H30N2O/c1-14(2)12-20(17-6-4-5-7-17)13-15-8-9-18(21-3)16(10-15)11-19/h8-10,14,17H,4-7,11-13,19H2,1-3H3. The van der Waals surface area contributed by atoms with Gasteiger partial charge in [0.1, 0.15) is 5.75 Å². The third kappa shape index (κ3) is 4.45. The van der Waals surface area contributed by atoms with Crippen molar-refractivity contribution in [3.8, 4) is 5.75 Å². The Morgan fingerprint density at radius 1 is 1.29 bits per heavy atom. The molecule has 0 atom stereocenters. The molecule has 21 heavy (non-hydrogen) atoms. The number of ether oxygens (including phenoxy) is 1. The van der Waals surface area contributed by atoms with Gasteiger partial charge in [0, 0.05) is 31.2 Å². The maximum Gasteiger partial charge on any atom is 0.123 e. The highest BCUT2D eigenvalue weighted by atomic mass is 16.5. The van der Waals surface area contributed by atoms with Gasteiger partial charge in [-0.1, -0.05) is 32.8 Å². The molecule has 0 unspecified atom stereocenters. The minimum Gasteiger partial charge on any atom is -0.496 e. The first-order valence-corrected chi connectivity index (χ1v) is 8.24. The van der Waals surface area contributed by atoms with Crippen LogP contribution in [-0.4, -0.2) is 24.6 Å². The van der Waals surface area contributed by atoms with E-state index in [1.54, 1.807) is 7.11 Å². The van der Waals surface area contributed by atoms with Gasteiger partial charge in [-0.3, -0.25) is 4.90 Å². The van der Waals surface area contributed by atoms with Gasteiger partial charge in [0.2, 0.25) is 0 Å². The molecular formula is C18H30N2O. The Morgan fingerprint density at radius 3 is 2.57 bits per heavy atom. The Hall–Kier alpha value is -1.06. The van der Waals surface area contributed by atoms with Crippen molar-refractivity contribution < 1.29 is 4.74 Å². The molecule has 1 aliphatic carbocycles. The highest BCUT2D eigenvalue weighted by molar-refractivity contribution is 5.37. The monoisotopic (exact) mass is 290 g/mol. The van der Waals surface area contributed by atoms with Gasteiger partial charge in [-0.15, -0.1) is 0 Å². The lowest BCUT2D eigenvalue weighted by Crippen LogP contribution is -2.35. The zero-order valence-electron chi connectivity index (χ0n) is 13.8. The van der Waals surface area contributed by atoms with E-state index in [2.05, 4.69) is 36.9 Å². The molecule has 2 N–H and O–H groups in total. The normalized spacial score (nSPS) is 16.1. The van der Waals surface area contributed by atoms with Gasteiger partial charge in [-0.25, -0.2) is 0 Å². The minimum absolute atomic E-state index is 0.532. The summed E-state index contributed by atoms with van der Waals surface area (Å²) in [4.78, 5) is 2.67. The topological polar surface area (TPSA) is 38.5 Å². The zero-order valence-corrected chi connectivity index (χ0v) is 13.8. The van der Waals surface area contributed by atoms with Gasteiger partial charge in [0.15, 0.2) is 0 Å². The number of hydrogen-bond donors (Lipinski definition) is 1. The first kappa shape index (κ1) is 16.3. The lowest BCUT2D eigenvalue weighted by atomic mass is 10.1. The van der Waals surface area contributed by atoms with E-state index in [-0.39, 0.29) is 0 Å². The van der Waals surface area contributed by atoms with Gasteiger partial charge in [0.05, 0.1) is 7.11 Å². The number of benzene rings is 1. The Labute approximate surface area is 129 Å². The number of nitrogens with two attached hydrogens (primary N) is 1. The molecule has 3 heteroatoms. The number of rotatable bonds is 7. The summed E-state index contributed by atoms with van der Waals surface area (Å²) in [5.41, 5.74) is 8.29. The van der Waals surface area contributed by atoms with Crippen LogP contribution >= 0.6 is 0 Å². The highest BCUT2D eigenvalue weighted by Gasteiger charge is 2.23.